The van der Waals surface area contributed by atoms with E-state index in [0.29, 0.717) is 16.3 Å². The van der Waals surface area contributed by atoms with Gasteiger partial charge in [-0.05, 0) is 41.5 Å². The molecule has 2 aromatic rings. The molecule has 2 rings (SSSR count). The van der Waals surface area contributed by atoms with Gasteiger partial charge in [-0.2, -0.15) is 0 Å². The molecule has 0 saturated heterocycles. The average Bonchev–Trinajstić information content (AvgIpc) is 2.48. The minimum absolute atomic E-state index is 0.348. The van der Waals surface area contributed by atoms with Crippen molar-refractivity contribution in [1.29, 1.82) is 0 Å². The first-order valence-corrected chi connectivity index (χ1v) is 6.39. The molecule has 0 aliphatic rings. The largest absolute Gasteiger partial charge is 0.465 e. The zero-order valence-corrected chi connectivity index (χ0v) is 11.7. The van der Waals surface area contributed by atoms with Crippen LogP contribution >= 0.6 is 11.6 Å². The van der Waals surface area contributed by atoms with Crippen LogP contribution in [0.5, 0.6) is 0 Å². The third-order valence-electron chi connectivity index (χ3n) is 2.84. The lowest BCUT2D eigenvalue weighted by Crippen LogP contribution is -2.00. The second-order valence-corrected chi connectivity index (χ2v) is 4.66. The lowest BCUT2D eigenvalue weighted by Gasteiger charge is -2.01. The highest BCUT2D eigenvalue weighted by atomic mass is 35.5. The van der Waals surface area contributed by atoms with Gasteiger partial charge in [0, 0.05) is 10.7 Å². The third-order valence-corrected chi connectivity index (χ3v) is 3.07. The molecular formula is C16H14ClNO2. The quantitative estimate of drug-likeness (QED) is 0.529. The smallest absolute Gasteiger partial charge is 0.337 e. The number of hydrogen-bond acceptors (Lipinski definition) is 3. The number of nitrogen functional groups attached to an aromatic ring is 1. The summed E-state index contributed by atoms with van der Waals surface area (Å²) in [6.45, 7) is 0. The zero-order chi connectivity index (χ0) is 14.5. The number of nitrogens with two attached hydrogens (primary N) is 1. The first-order chi connectivity index (χ1) is 9.60. The Morgan fingerprint density at radius 2 is 1.85 bits per heavy atom. The van der Waals surface area contributed by atoms with E-state index < -0.39 is 0 Å². The summed E-state index contributed by atoms with van der Waals surface area (Å²) in [5.41, 5.74) is 8.86. The van der Waals surface area contributed by atoms with Crippen molar-refractivity contribution in [2.45, 2.75) is 0 Å². The second kappa shape index (κ2) is 6.26. The Hall–Kier alpha value is -2.26. The summed E-state index contributed by atoms with van der Waals surface area (Å²) in [5, 5.41) is 0.639. The molecule has 0 bridgehead atoms. The van der Waals surface area contributed by atoms with Crippen LogP contribution in [0.1, 0.15) is 21.5 Å². The van der Waals surface area contributed by atoms with E-state index in [1.807, 2.05) is 24.3 Å². The summed E-state index contributed by atoms with van der Waals surface area (Å²) in [4.78, 5) is 11.3. The van der Waals surface area contributed by atoms with Crippen LogP contribution in [-0.2, 0) is 4.74 Å². The van der Waals surface area contributed by atoms with Crippen LogP contribution in [-0.4, -0.2) is 13.1 Å². The first kappa shape index (κ1) is 14.2. The minimum atomic E-state index is -0.348. The number of carbonyl (C=O) groups is 1. The Morgan fingerprint density at radius 1 is 1.15 bits per heavy atom. The Labute approximate surface area is 122 Å². The average molecular weight is 288 g/mol. The van der Waals surface area contributed by atoms with Crippen molar-refractivity contribution in [1.82, 2.24) is 0 Å². The molecule has 0 heterocycles. The molecule has 4 heteroatoms. The predicted molar refractivity (Wildman–Crippen MR) is 82.6 cm³/mol. The molecule has 0 unspecified atom stereocenters. The fourth-order valence-electron chi connectivity index (χ4n) is 1.72. The van der Waals surface area contributed by atoms with Crippen molar-refractivity contribution in [3.05, 3.63) is 64.2 Å². The lowest BCUT2D eigenvalue weighted by molar-refractivity contribution is 0.0601. The number of ether oxygens (including phenoxy) is 1. The van der Waals surface area contributed by atoms with Crippen LogP contribution in [0.15, 0.2) is 42.5 Å². The number of benzene rings is 2. The van der Waals surface area contributed by atoms with Gasteiger partial charge in [0.05, 0.1) is 12.7 Å². The molecule has 0 fully saturated rings. The van der Waals surface area contributed by atoms with Crippen LogP contribution in [0.25, 0.3) is 12.2 Å². The molecule has 0 radical (unpaired) electrons. The number of rotatable bonds is 3. The SMILES string of the molecule is COC(=O)c1ccc(/C=C\c2cc(Cl)ccc2N)cc1. The second-order valence-electron chi connectivity index (χ2n) is 4.22. The van der Waals surface area contributed by atoms with Gasteiger partial charge >= 0.3 is 5.97 Å². The van der Waals surface area contributed by atoms with Gasteiger partial charge < -0.3 is 10.5 Å². The van der Waals surface area contributed by atoms with Gasteiger partial charge in [-0.3, -0.25) is 0 Å². The minimum Gasteiger partial charge on any atom is -0.465 e. The molecule has 0 aromatic heterocycles. The molecule has 0 aliphatic carbocycles. The number of esters is 1. The normalized spacial score (nSPS) is 10.7. The molecule has 0 atom stereocenters. The van der Waals surface area contributed by atoms with Crippen molar-refractivity contribution in [2.75, 3.05) is 12.8 Å². The van der Waals surface area contributed by atoms with Crippen LogP contribution in [0.2, 0.25) is 5.02 Å². The molecule has 0 saturated carbocycles. The highest BCUT2D eigenvalue weighted by molar-refractivity contribution is 6.30. The molecule has 0 amide bonds. The van der Waals surface area contributed by atoms with E-state index in [9.17, 15) is 4.79 Å². The molecule has 3 nitrogen and oxygen atoms in total. The Balaban J connectivity index is 2.19. The maximum absolute atomic E-state index is 11.3. The third kappa shape index (κ3) is 3.39. The molecule has 2 aromatic carbocycles. The summed E-state index contributed by atoms with van der Waals surface area (Å²) in [5.74, 6) is -0.348. The number of hydrogen-bond donors (Lipinski definition) is 1. The van der Waals surface area contributed by atoms with E-state index in [-0.39, 0.29) is 5.97 Å². The fourth-order valence-corrected chi connectivity index (χ4v) is 1.90. The van der Waals surface area contributed by atoms with Crippen molar-refractivity contribution in [2.24, 2.45) is 0 Å². The summed E-state index contributed by atoms with van der Waals surface area (Å²) in [6, 6.07) is 12.4. The maximum atomic E-state index is 11.3. The molecule has 0 aliphatic heterocycles. The van der Waals surface area contributed by atoms with Crippen molar-refractivity contribution in [3.63, 3.8) is 0 Å². The van der Waals surface area contributed by atoms with Gasteiger partial charge in [0.25, 0.3) is 0 Å². The van der Waals surface area contributed by atoms with Gasteiger partial charge in [0.15, 0.2) is 0 Å². The van der Waals surface area contributed by atoms with E-state index >= 15 is 0 Å². The van der Waals surface area contributed by atoms with Gasteiger partial charge in [0.2, 0.25) is 0 Å². The zero-order valence-electron chi connectivity index (χ0n) is 11.0. The Morgan fingerprint density at radius 3 is 2.50 bits per heavy atom. The number of anilines is 1. The van der Waals surface area contributed by atoms with Crippen LogP contribution < -0.4 is 5.73 Å². The first-order valence-electron chi connectivity index (χ1n) is 6.01. The van der Waals surface area contributed by atoms with E-state index in [4.69, 9.17) is 17.3 Å². The highest BCUT2D eigenvalue weighted by Crippen LogP contribution is 2.20. The van der Waals surface area contributed by atoms with Gasteiger partial charge in [-0.1, -0.05) is 35.9 Å². The molecular weight excluding hydrogens is 274 g/mol. The van der Waals surface area contributed by atoms with Crippen molar-refractivity contribution >= 4 is 35.4 Å². The molecule has 0 spiro atoms. The van der Waals surface area contributed by atoms with E-state index in [1.54, 1.807) is 30.3 Å². The predicted octanol–water partition coefficient (Wildman–Crippen LogP) is 3.88. The summed E-state index contributed by atoms with van der Waals surface area (Å²) < 4.78 is 4.65. The lowest BCUT2D eigenvalue weighted by atomic mass is 10.1. The van der Waals surface area contributed by atoms with Crippen molar-refractivity contribution < 1.29 is 9.53 Å². The standard InChI is InChI=1S/C16H14ClNO2/c1-20-16(19)12-5-2-11(3-6-12)4-7-13-10-14(17)8-9-15(13)18/h2-10H,18H2,1H3/b7-4-. The highest BCUT2D eigenvalue weighted by Gasteiger charge is 2.03. The molecule has 102 valence electrons. The topological polar surface area (TPSA) is 52.3 Å². The van der Waals surface area contributed by atoms with E-state index in [0.717, 1.165) is 11.1 Å². The Bertz CT molecular complexity index is 648. The van der Waals surface area contributed by atoms with Gasteiger partial charge in [-0.25, -0.2) is 4.79 Å². The van der Waals surface area contributed by atoms with E-state index in [1.165, 1.54) is 7.11 Å². The molecule has 2 N–H and O–H groups in total. The maximum Gasteiger partial charge on any atom is 0.337 e. The van der Waals surface area contributed by atoms with Crippen molar-refractivity contribution in [3.8, 4) is 0 Å². The number of methoxy groups -OCH3 is 1. The van der Waals surface area contributed by atoms with Gasteiger partial charge in [0.1, 0.15) is 0 Å². The van der Waals surface area contributed by atoms with Crippen LogP contribution in [0, 0.1) is 0 Å². The Kier molecular flexibility index (Phi) is 4.43. The van der Waals surface area contributed by atoms with E-state index in [2.05, 4.69) is 4.74 Å². The summed E-state index contributed by atoms with van der Waals surface area (Å²) >= 11 is 5.93. The monoisotopic (exact) mass is 287 g/mol. The van der Waals surface area contributed by atoms with Crippen LogP contribution in [0.4, 0.5) is 5.69 Å². The fraction of sp³-hybridized carbons (Fsp3) is 0.0625. The van der Waals surface area contributed by atoms with Gasteiger partial charge in [-0.15, -0.1) is 0 Å². The number of halogens is 1. The summed E-state index contributed by atoms with van der Waals surface area (Å²) in [7, 11) is 1.36. The molecule has 20 heavy (non-hydrogen) atoms. The summed E-state index contributed by atoms with van der Waals surface area (Å²) in [6.07, 6.45) is 3.79. The number of carbonyl (C=O) groups excluding carboxylic acids is 1. The van der Waals surface area contributed by atoms with Crippen LogP contribution in [0.3, 0.4) is 0 Å².